The van der Waals surface area contributed by atoms with Gasteiger partial charge in [-0.1, -0.05) is 0 Å². The molecular weight excluding hydrogens is 226 g/mol. The molecule has 1 aromatic rings. The maximum absolute atomic E-state index is 11.0. The number of esters is 1. The van der Waals surface area contributed by atoms with Crippen LogP contribution in [0.2, 0.25) is 0 Å². The van der Waals surface area contributed by atoms with Gasteiger partial charge in [-0.15, -0.1) is 0 Å². The first kappa shape index (κ1) is 13.1. The van der Waals surface area contributed by atoms with Gasteiger partial charge in [-0.25, -0.2) is 4.98 Å². The average molecular weight is 243 g/mol. The number of thioether (sulfide) groups is 1. The smallest absolute Gasteiger partial charge is 0.323 e. The Morgan fingerprint density at radius 1 is 1.75 bits per heavy atom. The molecule has 90 valence electrons. The molecule has 5 nitrogen and oxygen atoms in total. The van der Waals surface area contributed by atoms with Crippen LogP contribution in [-0.2, 0) is 21.8 Å². The average Bonchev–Trinajstić information content (AvgIpc) is 2.75. The summed E-state index contributed by atoms with van der Waals surface area (Å²) in [6.07, 6.45) is 3.72. The Morgan fingerprint density at radius 3 is 3.12 bits per heavy atom. The summed E-state index contributed by atoms with van der Waals surface area (Å²) in [5.74, 6) is 1.94. The van der Waals surface area contributed by atoms with Crippen LogP contribution in [0.5, 0.6) is 0 Å². The number of carbonyl (C=O) groups excluding carboxylic acids is 1. The lowest BCUT2D eigenvalue weighted by molar-refractivity contribution is -0.141. The fourth-order valence-electron chi connectivity index (χ4n) is 1.26. The number of imidazole rings is 1. The van der Waals surface area contributed by atoms with Crippen LogP contribution in [0, 0.1) is 0 Å². The van der Waals surface area contributed by atoms with Crippen LogP contribution in [0.15, 0.2) is 12.4 Å². The van der Waals surface area contributed by atoms with E-state index in [-0.39, 0.29) is 5.97 Å². The predicted octanol–water partition coefficient (Wildman–Crippen LogP) is 0.636. The van der Waals surface area contributed by atoms with Crippen molar-refractivity contribution >= 4 is 17.7 Å². The first-order chi connectivity index (χ1) is 7.69. The minimum absolute atomic E-state index is 0.369. The zero-order valence-electron chi connectivity index (χ0n) is 9.55. The first-order valence-corrected chi connectivity index (χ1v) is 6.25. The van der Waals surface area contributed by atoms with E-state index in [4.69, 9.17) is 5.73 Å². The van der Waals surface area contributed by atoms with E-state index >= 15 is 0 Å². The summed E-state index contributed by atoms with van der Waals surface area (Å²) in [6.45, 7) is 2.97. The van der Waals surface area contributed by atoms with Gasteiger partial charge in [-0.2, -0.15) is 11.8 Å². The van der Waals surface area contributed by atoms with Gasteiger partial charge in [0.15, 0.2) is 0 Å². The van der Waals surface area contributed by atoms with E-state index < -0.39 is 6.04 Å². The Kier molecular flexibility index (Phi) is 5.34. The molecular formula is C10H17N3O2S. The second-order valence-electron chi connectivity index (χ2n) is 3.27. The number of ether oxygens (including phenoxy) is 1. The van der Waals surface area contributed by atoms with Crippen LogP contribution in [-0.4, -0.2) is 34.4 Å². The second-order valence-corrected chi connectivity index (χ2v) is 4.30. The molecule has 1 atom stereocenters. The van der Waals surface area contributed by atoms with Gasteiger partial charge in [0.05, 0.1) is 12.9 Å². The number of nitrogens with zero attached hydrogens (tertiary/aromatic N) is 2. The van der Waals surface area contributed by atoms with Crippen LogP contribution in [0.25, 0.3) is 0 Å². The van der Waals surface area contributed by atoms with Crippen molar-refractivity contribution in [3.63, 3.8) is 0 Å². The Balaban J connectivity index is 2.33. The molecule has 1 rings (SSSR count). The number of rotatable bonds is 6. The summed E-state index contributed by atoms with van der Waals surface area (Å²) >= 11 is 1.58. The standard InChI is InChI=1S/C10H17N3O2S/c1-3-13-5-4-12-9(13)7-16-6-8(11)10(14)15-2/h4-5,8H,3,6-7,11H2,1-2H3. The van der Waals surface area contributed by atoms with Gasteiger partial charge in [-0.05, 0) is 6.92 Å². The Labute approximate surface area is 99.4 Å². The molecule has 0 amide bonds. The summed E-state index contributed by atoms with van der Waals surface area (Å²) in [7, 11) is 1.34. The molecule has 0 fully saturated rings. The number of aryl methyl sites for hydroxylation is 1. The molecule has 0 spiro atoms. The zero-order valence-corrected chi connectivity index (χ0v) is 10.4. The first-order valence-electron chi connectivity index (χ1n) is 5.10. The number of nitrogens with two attached hydrogens (primary N) is 1. The number of hydrogen-bond acceptors (Lipinski definition) is 5. The summed E-state index contributed by atoms with van der Waals surface area (Å²) in [5.41, 5.74) is 5.62. The third-order valence-electron chi connectivity index (χ3n) is 2.17. The maximum atomic E-state index is 11.0. The van der Waals surface area contributed by atoms with E-state index in [2.05, 4.69) is 21.2 Å². The quantitative estimate of drug-likeness (QED) is 0.742. The zero-order chi connectivity index (χ0) is 12.0. The Hall–Kier alpha value is -1.01. The normalized spacial score (nSPS) is 12.4. The number of carbonyl (C=O) groups is 1. The van der Waals surface area contributed by atoms with E-state index in [1.54, 1.807) is 18.0 Å². The molecule has 0 aromatic carbocycles. The molecule has 0 saturated heterocycles. The monoisotopic (exact) mass is 243 g/mol. The number of aromatic nitrogens is 2. The molecule has 2 N–H and O–H groups in total. The highest BCUT2D eigenvalue weighted by Gasteiger charge is 2.13. The van der Waals surface area contributed by atoms with E-state index in [1.807, 2.05) is 6.20 Å². The van der Waals surface area contributed by atoms with Gasteiger partial charge < -0.3 is 15.0 Å². The lowest BCUT2D eigenvalue weighted by Gasteiger charge is -2.09. The summed E-state index contributed by atoms with van der Waals surface area (Å²) in [6, 6.07) is -0.556. The second kappa shape index (κ2) is 6.55. The molecule has 0 saturated carbocycles. The molecule has 6 heteroatoms. The van der Waals surface area contributed by atoms with Crippen LogP contribution in [0.3, 0.4) is 0 Å². The van der Waals surface area contributed by atoms with Crippen molar-refractivity contribution in [3.05, 3.63) is 18.2 Å². The fourth-order valence-corrected chi connectivity index (χ4v) is 2.20. The van der Waals surface area contributed by atoms with Crippen molar-refractivity contribution in [3.8, 4) is 0 Å². The largest absolute Gasteiger partial charge is 0.468 e. The Morgan fingerprint density at radius 2 is 2.50 bits per heavy atom. The Bertz CT molecular complexity index is 341. The van der Waals surface area contributed by atoms with Crippen LogP contribution >= 0.6 is 11.8 Å². The highest BCUT2D eigenvalue weighted by Crippen LogP contribution is 2.11. The van der Waals surface area contributed by atoms with E-state index in [9.17, 15) is 4.79 Å². The molecule has 0 aliphatic carbocycles. The predicted molar refractivity (Wildman–Crippen MR) is 64.1 cm³/mol. The molecule has 16 heavy (non-hydrogen) atoms. The van der Waals surface area contributed by atoms with Crippen molar-refractivity contribution in [1.82, 2.24) is 9.55 Å². The topological polar surface area (TPSA) is 70.1 Å². The molecule has 1 heterocycles. The van der Waals surface area contributed by atoms with Crippen LogP contribution in [0.4, 0.5) is 0 Å². The summed E-state index contributed by atoms with van der Waals surface area (Å²) in [4.78, 5) is 15.3. The lowest BCUT2D eigenvalue weighted by Crippen LogP contribution is -2.33. The maximum Gasteiger partial charge on any atom is 0.323 e. The van der Waals surface area contributed by atoms with Gasteiger partial charge in [0, 0.05) is 24.7 Å². The fraction of sp³-hybridized carbons (Fsp3) is 0.600. The lowest BCUT2D eigenvalue weighted by atomic mass is 10.4. The minimum atomic E-state index is -0.556. The van der Waals surface area contributed by atoms with E-state index in [0.29, 0.717) is 5.75 Å². The SMILES string of the molecule is CCn1ccnc1CSCC(N)C(=O)OC. The van der Waals surface area contributed by atoms with E-state index in [1.165, 1.54) is 7.11 Å². The molecule has 0 radical (unpaired) electrons. The molecule has 1 aromatic heterocycles. The van der Waals surface area contributed by atoms with Crippen molar-refractivity contribution in [2.45, 2.75) is 25.3 Å². The number of methoxy groups -OCH3 is 1. The van der Waals surface area contributed by atoms with Crippen LogP contribution in [0.1, 0.15) is 12.7 Å². The van der Waals surface area contributed by atoms with Crippen molar-refractivity contribution in [2.75, 3.05) is 12.9 Å². The number of hydrogen-bond donors (Lipinski definition) is 1. The third kappa shape index (κ3) is 3.53. The van der Waals surface area contributed by atoms with Gasteiger partial charge in [0.2, 0.25) is 0 Å². The van der Waals surface area contributed by atoms with Crippen molar-refractivity contribution in [2.24, 2.45) is 5.73 Å². The van der Waals surface area contributed by atoms with Crippen molar-refractivity contribution in [1.29, 1.82) is 0 Å². The summed E-state index contributed by atoms with van der Waals surface area (Å²) in [5, 5.41) is 0. The van der Waals surface area contributed by atoms with Crippen LogP contribution < -0.4 is 5.73 Å². The molecule has 0 aliphatic rings. The van der Waals surface area contributed by atoms with Gasteiger partial charge >= 0.3 is 5.97 Å². The van der Waals surface area contributed by atoms with Gasteiger partial charge in [0.25, 0.3) is 0 Å². The molecule has 0 aliphatic heterocycles. The highest BCUT2D eigenvalue weighted by atomic mass is 32.2. The van der Waals surface area contributed by atoms with Gasteiger partial charge in [0.1, 0.15) is 11.9 Å². The summed E-state index contributed by atoms with van der Waals surface area (Å²) < 4.78 is 6.61. The molecule has 0 bridgehead atoms. The molecule has 1 unspecified atom stereocenters. The van der Waals surface area contributed by atoms with E-state index in [0.717, 1.165) is 18.1 Å². The highest BCUT2D eigenvalue weighted by molar-refractivity contribution is 7.98. The van der Waals surface area contributed by atoms with Gasteiger partial charge in [-0.3, -0.25) is 4.79 Å². The third-order valence-corrected chi connectivity index (χ3v) is 3.23. The van der Waals surface area contributed by atoms with Crippen molar-refractivity contribution < 1.29 is 9.53 Å². The minimum Gasteiger partial charge on any atom is -0.468 e.